The third kappa shape index (κ3) is 3.04. The standard InChI is InChI=1S/C16H13N3O4S/c1-24(22,23)15-8-6-13(7-9-15)18-11-17-10-16(18)12-2-4-14(5-3-12)19(20)21/h2-11H,1H3. The van der Waals surface area contributed by atoms with Gasteiger partial charge in [0.1, 0.15) is 0 Å². The molecule has 0 N–H and O–H groups in total. The van der Waals surface area contributed by atoms with Crippen LogP contribution in [-0.4, -0.2) is 29.1 Å². The van der Waals surface area contributed by atoms with Crippen molar-refractivity contribution in [3.05, 3.63) is 71.2 Å². The van der Waals surface area contributed by atoms with Gasteiger partial charge in [-0.25, -0.2) is 13.4 Å². The Kier molecular flexibility index (Phi) is 3.90. The molecule has 3 rings (SSSR count). The lowest BCUT2D eigenvalue weighted by molar-refractivity contribution is -0.384. The largest absolute Gasteiger partial charge is 0.299 e. The molecule has 0 bridgehead atoms. The predicted molar refractivity (Wildman–Crippen MR) is 88.8 cm³/mol. The molecular formula is C16H13N3O4S. The third-order valence-corrected chi connectivity index (χ3v) is 4.68. The van der Waals surface area contributed by atoms with Gasteiger partial charge >= 0.3 is 0 Å². The number of benzene rings is 2. The molecule has 0 fully saturated rings. The Morgan fingerprint density at radius 2 is 1.67 bits per heavy atom. The van der Waals surface area contributed by atoms with E-state index in [2.05, 4.69) is 4.98 Å². The zero-order valence-electron chi connectivity index (χ0n) is 12.7. The molecule has 0 saturated carbocycles. The van der Waals surface area contributed by atoms with Crippen LogP contribution in [0.2, 0.25) is 0 Å². The van der Waals surface area contributed by atoms with Crippen LogP contribution in [0.15, 0.2) is 66.0 Å². The summed E-state index contributed by atoms with van der Waals surface area (Å²) in [5.74, 6) is 0. The minimum Gasteiger partial charge on any atom is -0.299 e. The number of non-ortho nitro benzene ring substituents is 1. The summed E-state index contributed by atoms with van der Waals surface area (Å²) >= 11 is 0. The zero-order chi connectivity index (χ0) is 17.3. The molecule has 0 atom stereocenters. The van der Waals surface area contributed by atoms with Crippen molar-refractivity contribution in [3.8, 4) is 16.9 Å². The molecule has 122 valence electrons. The summed E-state index contributed by atoms with van der Waals surface area (Å²) < 4.78 is 24.8. The van der Waals surface area contributed by atoms with Crippen LogP contribution in [0.5, 0.6) is 0 Å². The molecule has 0 aliphatic carbocycles. The highest BCUT2D eigenvalue weighted by Crippen LogP contribution is 2.25. The van der Waals surface area contributed by atoms with Gasteiger partial charge in [0.25, 0.3) is 5.69 Å². The van der Waals surface area contributed by atoms with E-state index in [0.29, 0.717) is 0 Å². The lowest BCUT2D eigenvalue weighted by Crippen LogP contribution is -1.99. The Balaban J connectivity index is 2.00. The average molecular weight is 343 g/mol. The topological polar surface area (TPSA) is 95.1 Å². The molecular weight excluding hydrogens is 330 g/mol. The maximum Gasteiger partial charge on any atom is 0.269 e. The Morgan fingerprint density at radius 1 is 1.04 bits per heavy atom. The quantitative estimate of drug-likeness (QED) is 0.536. The molecule has 0 unspecified atom stereocenters. The van der Waals surface area contributed by atoms with Crippen molar-refractivity contribution in [2.24, 2.45) is 0 Å². The van der Waals surface area contributed by atoms with Gasteiger partial charge in [0.15, 0.2) is 9.84 Å². The second-order valence-corrected chi connectivity index (χ2v) is 7.23. The van der Waals surface area contributed by atoms with E-state index in [0.717, 1.165) is 23.2 Å². The van der Waals surface area contributed by atoms with Crippen LogP contribution in [0.3, 0.4) is 0 Å². The van der Waals surface area contributed by atoms with Crippen LogP contribution >= 0.6 is 0 Å². The van der Waals surface area contributed by atoms with E-state index in [1.807, 2.05) is 0 Å². The first-order valence-electron chi connectivity index (χ1n) is 6.94. The minimum absolute atomic E-state index is 0.0160. The summed E-state index contributed by atoms with van der Waals surface area (Å²) in [5, 5.41) is 10.7. The summed E-state index contributed by atoms with van der Waals surface area (Å²) in [4.78, 5) is 14.6. The maximum absolute atomic E-state index is 11.5. The van der Waals surface area contributed by atoms with Crippen LogP contribution in [0, 0.1) is 10.1 Å². The molecule has 7 nitrogen and oxygen atoms in total. The van der Waals surface area contributed by atoms with Gasteiger partial charge < -0.3 is 0 Å². The Hall–Kier alpha value is -3.00. The molecule has 3 aromatic rings. The Morgan fingerprint density at radius 3 is 2.21 bits per heavy atom. The van der Waals surface area contributed by atoms with Gasteiger partial charge in [0, 0.05) is 29.6 Å². The van der Waals surface area contributed by atoms with Gasteiger partial charge in [0.2, 0.25) is 0 Å². The molecule has 1 heterocycles. The third-order valence-electron chi connectivity index (χ3n) is 3.56. The summed E-state index contributed by atoms with van der Waals surface area (Å²) in [7, 11) is -3.25. The lowest BCUT2D eigenvalue weighted by Gasteiger charge is -2.09. The number of nitro benzene ring substituents is 1. The molecule has 0 saturated heterocycles. The summed E-state index contributed by atoms with van der Waals surface area (Å²) in [6.07, 6.45) is 4.40. The van der Waals surface area contributed by atoms with E-state index in [-0.39, 0.29) is 10.6 Å². The SMILES string of the molecule is CS(=O)(=O)c1ccc(-n2cncc2-c2ccc([N+](=O)[O-])cc2)cc1. The molecule has 2 aromatic carbocycles. The van der Waals surface area contributed by atoms with Crippen molar-refractivity contribution in [1.82, 2.24) is 9.55 Å². The van der Waals surface area contributed by atoms with Crippen molar-refractivity contribution in [2.45, 2.75) is 4.90 Å². The van der Waals surface area contributed by atoms with E-state index >= 15 is 0 Å². The van der Waals surface area contributed by atoms with Crippen LogP contribution in [-0.2, 0) is 9.84 Å². The van der Waals surface area contributed by atoms with Crippen molar-refractivity contribution < 1.29 is 13.3 Å². The van der Waals surface area contributed by atoms with E-state index in [1.54, 1.807) is 41.4 Å². The van der Waals surface area contributed by atoms with Gasteiger partial charge in [-0.2, -0.15) is 0 Å². The van der Waals surface area contributed by atoms with Crippen LogP contribution in [0.4, 0.5) is 5.69 Å². The zero-order valence-corrected chi connectivity index (χ0v) is 13.5. The van der Waals surface area contributed by atoms with Crippen molar-refractivity contribution in [1.29, 1.82) is 0 Å². The highest BCUT2D eigenvalue weighted by atomic mass is 32.2. The number of sulfone groups is 1. The van der Waals surface area contributed by atoms with E-state index < -0.39 is 14.8 Å². The average Bonchev–Trinajstić information content (AvgIpc) is 3.04. The number of hydrogen-bond donors (Lipinski definition) is 0. The highest BCUT2D eigenvalue weighted by Gasteiger charge is 2.11. The van der Waals surface area contributed by atoms with Crippen LogP contribution in [0.25, 0.3) is 16.9 Å². The lowest BCUT2D eigenvalue weighted by atomic mass is 10.1. The first-order valence-corrected chi connectivity index (χ1v) is 8.83. The van der Waals surface area contributed by atoms with E-state index in [1.165, 1.54) is 24.3 Å². The maximum atomic E-state index is 11.5. The second-order valence-electron chi connectivity index (χ2n) is 5.22. The normalized spacial score (nSPS) is 11.4. The minimum atomic E-state index is -3.25. The van der Waals surface area contributed by atoms with Gasteiger partial charge in [-0.3, -0.25) is 14.7 Å². The fourth-order valence-electron chi connectivity index (χ4n) is 2.32. The summed E-state index contributed by atoms with van der Waals surface area (Å²) in [6, 6.07) is 12.6. The number of nitro groups is 1. The molecule has 0 radical (unpaired) electrons. The molecule has 8 heteroatoms. The Bertz CT molecular complexity index is 991. The number of hydrogen-bond acceptors (Lipinski definition) is 5. The first kappa shape index (κ1) is 15.9. The van der Waals surface area contributed by atoms with Gasteiger partial charge in [-0.1, -0.05) is 0 Å². The van der Waals surface area contributed by atoms with Gasteiger partial charge in [0.05, 0.1) is 28.0 Å². The number of rotatable bonds is 4. The van der Waals surface area contributed by atoms with Gasteiger partial charge in [-0.15, -0.1) is 0 Å². The Labute approximate surface area is 138 Å². The second kappa shape index (κ2) is 5.89. The van der Waals surface area contributed by atoms with E-state index in [9.17, 15) is 18.5 Å². The number of aromatic nitrogens is 2. The van der Waals surface area contributed by atoms with Crippen LogP contribution < -0.4 is 0 Å². The van der Waals surface area contributed by atoms with Crippen molar-refractivity contribution in [3.63, 3.8) is 0 Å². The molecule has 0 spiro atoms. The van der Waals surface area contributed by atoms with Crippen molar-refractivity contribution >= 4 is 15.5 Å². The number of imidazole rings is 1. The predicted octanol–water partition coefficient (Wildman–Crippen LogP) is 2.85. The monoisotopic (exact) mass is 343 g/mol. The summed E-state index contributed by atoms with van der Waals surface area (Å²) in [6.45, 7) is 0. The fraction of sp³-hybridized carbons (Fsp3) is 0.0625. The summed E-state index contributed by atoms with van der Waals surface area (Å²) in [5.41, 5.74) is 2.28. The first-order chi connectivity index (χ1) is 11.4. The van der Waals surface area contributed by atoms with E-state index in [4.69, 9.17) is 0 Å². The van der Waals surface area contributed by atoms with Crippen LogP contribution in [0.1, 0.15) is 0 Å². The smallest absolute Gasteiger partial charge is 0.269 e. The van der Waals surface area contributed by atoms with Crippen molar-refractivity contribution in [2.75, 3.05) is 6.26 Å². The fourth-order valence-corrected chi connectivity index (χ4v) is 2.95. The van der Waals surface area contributed by atoms with Gasteiger partial charge in [-0.05, 0) is 36.4 Å². The number of nitrogens with zero attached hydrogens (tertiary/aromatic N) is 3. The molecule has 0 aliphatic rings. The molecule has 24 heavy (non-hydrogen) atoms. The molecule has 1 aromatic heterocycles. The molecule has 0 aliphatic heterocycles. The highest BCUT2D eigenvalue weighted by molar-refractivity contribution is 7.90. The molecule has 0 amide bonds.